The van der Waals surface area contributed by atoms with Gasteiger partial charge in [-0.15, -0.1) is 0 Å². The first-order valence-corrected chi connectivity index (χ1v) is 4.56. The number of halogens is 1. The molecule has 0 saturated heterocycles. The Morgan fingerprint density at radius 1 is 1.12 bits per heavy atom. The van der Waals surface area contributed by atoms with Gasteiger partial charge in [-0.1, -0.05) is 6.07 Å². The van der Waals surface area contributed by atoms with Crippen molar-refractivity contribution in [3.63, 3.8) is 0 Å². The Balaban J connectivity index is 2.27. The third-order valence-corrected chi connectivity index (χ3v) is 1.86. The molecule has 2 rings (SSSR count). The van der Waals surface area contributed by atoms with E-state index in [0.717, 1.165) is 0 Å². The van der Waals surface area contributed by atoms with E-state index in [4.69, 9.17) is 11.5 Å². The minimum absolute atomic E-state index is 0.0684. The highest BCUT2D eigenvalue weighted by Crippen LogP contribution is 2.17. The molecule has 0 spiro atoms. The summed E-state index contributed by atoms with van der Waals surface area (Å²) < 4.78 is 12.9. The van der Waals surface area contributed by atoms with Crippen LogP contribution in [0.1, 0.15) is 0 Å². The molecule has 0 saturated carbocycles. The fourth-order valence-corrected chi connectivity index (χ4v) is 1.26. The van der Waals surface area contributed by atoms with Gasteiger partial charge in [0.25, 0.3) is 0 Å². The van der Waals surface area contributed by atoms with Gasteiger partial charge in [-0.25, -0.2) is 4.39 Å². The van der Waals surface area contributed by atoms with E-state index in [1.54, 1.807) is 12.1 Å². The second kappa shape index (κ2) is 4.01. The molecule has 0 radical (unpaired) electrons. The molecule has 0 aliphatic carbocycles. The standard InChI is InChI=1S/C10H10FN5/c11-6-2-1-3-7(4-6)14-9-5-8(12)15-10(13)16-9/h1-5H,(H5,12,13,14,15,16). The summed E-state index contributed by atoms with van der Waals surface area (Å²) in [7, 11) is 0. The molecule has 16 heavy (non-hydrogen) atoms. The monoisotopic (exact) mass is 219 g/mol. The lowest BCUT2D eigenvalue weighted by Crippen LogP contribution is -2.02. The predicted molar refractivity (Wildman–Crippen MR) is 60.5 cm³/mol. The number of nitrogen functional groups attached to an aromatic ring is 2. The molecular formula is C10H10FN5. The summed E-state index contributed by atoms with van der Waals surface area (Å²) in [6.45, 7) is 0. The maximum atomic E-state index is 12.9. The van der Waals surface area contributed by atoms with Crippen molar-refractivity contribution in [2.24, 2.45) is 0 Å². The van der Waals surface area contributed by atoms with Crippen molar-refractivity contribution in [2.45, 2.75) is 0 Å². The molecule has 0 unspecified atom stereocenters. The average molecular weight is 219 g/mol. The maximum Gasteiger partial charge on any atom is 0.223 e. The summed E-state index contributed by atoms with van der Waals surface area (Å²) in [5.74, 6) is 0.418. The Kier molecular flexibility index (Phi) is 2.55. The molecule has 0 bridgehead atoms. The van der Waals surface area contributed by atoms with Gasteiger partial charge in [-0.05, 0) is 18.2 Å². The molecule has 0 fully saturated rings. The number of anilines is 4. The van der Waals surface area contributed by atoms with E-state index >= 15 is 0 Å². The van der Waals surface area contributed by atoms with Crippen molar-refractivity contribution < 1.29 is 4.39 Å². The zero-order chi connectivity index (χ0) is 11.5. The Hall–Kier alpha value is -2.37. The van der Waals surface area contributed by atoms with Crippen molar-refractivity contribution in [1.29, 1.82) is 0 Å². The number of benzene rings is 1. The summed E-state index contributed by atoms with van der Waals surface area (Å²) in [4.78, 5) is 7.64. The van der Waals surface area contributed by atoms with Crippen LogP contribution < -0.4 is 16.8 Å². The van der Waals surface area contributed by atoms with Gasteiger partial charge in [0.05, 0.1) is 0 Å². The van der Waals surface area contributed by atoms with Crippen molar-refractivity contribution in [1.82, 2.24) is 9.97 Å². The molecule has 1 heterocycles. The number of nitrogens with zero attached hydrogens (tertiary/aromatic N) is 2. The number of hydrogen-bond acceptors (Lipinski definition) is 5. The van der Waals surface area contributed by atoms with Crippen LogP contribution in [-0.2, 0) is 0 Å². The lowest BCUT2D eigenvalue weighted by molar-refractivity contribution is 0.628. The van der Waals surface area contributed by atoms with Crippen LogP contribution in [0.15, 0.2) is 30.3 Å². The summed E-state index contributed by atoms with van der Waals surface area (Å²) in [6, 6.07) is 7.51. The molecule has 1 aromatic heterocycles. The third kappa shape index (κ3) is 2.35. The lowest BCUT2D eigenvalue weighted by Gasteiger charge is -2.06. The lowest BCUT2D eigenvalue weighted by atomic mass is 10.3. The highest BCUT2D eigenvalue weighted by Gasteiger charge is 2.01. The van der Waals surface area contributed by atoms with Crippen molar-refractivity contribution in [2.75, 3.05) is 16.8 Å². The minimum atomic E-state index is -0.333. The molecule has 5 nitrogen and oxygen atoms in total. The van der Waals surface area contributed by atoms with E-state index in [2.05, 4.69) is 15.3 Å². The van der Waals surface area contributed by atoms with Gasteiger partial charge in [-0.2, -0.15) is 9.97 Å². The predicted octanol–water partition coefficient (Wildman–Crippen LogP) is 1.52. The summed E-state index contributed by atoms with van der Waals surface area (Å²) >= 11 is 0. The first-order valence-electron chi connectivity index (χ1n) is 4.56. The average Bonchev–Trinajstić information content (AvgIpc) is 2.15. The molecule has 0 aliphatic rings. The smallest absolute Gasteiger partial charge is 0.223 e. The number of hydrogen-bond donors (Lipinski definition) is 3. The van der Waals surface area contributed by atoms with Crippen LogP contribution >= 0.6 is 0 Å². The second-order valence-electron chi connectivity index (χ2n) is 3.17. The van der Waals surface area contributed by atoms with Gasteiger partial charge >= 0.3 is 0 Å². The summed E-state index contributed by atoms with van der Waals surface area (Å²) in [5, 5.41) is 2.88. The topological polar surface area (TPSA) is 89.8 Å². The van der Waals surface area contributed by atoms with Crippen LogP contribution in [0.2, 0.25) is 0 Å². The highest BCUT2D eigenvalue weighted by molar-refractivity contribution is 5.59. The van der Waals surface area contributed by atoms with Gasteiger partial charge in [0, 0.05) is 11.8 Å². The summed E-state index contributed by atoms with van der Waals surface area (Å²) in [5.41, 5.74) is 11.5. The van der Waals surface area contributed by atoms with Gasteiger partial charge in [0.15, 0.2) is 0 Å². The Bertz CT molecular complexity index is 494. The first kappa shape index (κ1) is 10.2. The van der Waals surface area contributed by atoms with E-state index < -0.39 is 0 Å². The fraction of sp³-hybridized carbons (Fsp3) is 0. The van der Waals surface area contributed by atoms with Crippen LogP contribution in [0.5, 0.6) is 0 Å². The molecule has 0 atom stereocenters. The molecule has 0 aliphatic heterocycles. The minimum Gasteiger partial charge on any atom is -0.383 e. The molecule has 82 valence electrons. The fourth-order valence-electron chi connectivity index (χ4n) is 1.26. The molecule has 5 N–H and O–H groups in total. The van der Waals surface area contributed by atoms with E-state index in [1.807, 2.05) is 0 Å². The molecule has 0 amide bonds. The molecule has 1 aromatic carbocycles. The Morgan fingerprint density at radius 3 is 2.62 bits per heavy atom. The van der Waals surface area contributed by atoms with E-state index in [1.165, 1.54) is 18.2 Å². The van der Waals surface area contributed by atoms with Gasteiger partial charge in [0.1, 0.15) is 17.5 Å². The van der Waals surface area contributed by atoms with Crippen LogP contribution in [0.25, 0.3) is 0 Å². The second-order valence-corrected chi connectivity index (χ2v) is 3.17. The van der Waals surface area contributed by atoms with Gasteiger partial charge < -0.3 is 16.8 Å². The summed E-state index contributed by atoms with van der Waals surface area (Å²) in [6.07, 6.45) is 0. The van der Waals surface area contributed by atoms with Crippen molar-refractivity contribution in [3.05, 3.63) is 36.1 Å². The quantitative estimate of drug-likeness (QED) is 0.712. The van der Waals surface area contributed by atoms with Crippen molar-refractivity contribution >= 4 is 23.3 Å². The van der Waals surface area contributed by atoms with Gasteiger partial charge in [-0.3, -0.25) is 0 Å². The van der Waals surface area contributed by atoms with E-state index in [9.17, 15) is 4.39 Å². The number of nitrogens with one attached hydrogen (secondary N) is 1. The molecule has 2 aromatic rings. The Morgan fingerprint density at radius 2 is 1.94 bits per heavy atom. The Labute approximate surface area is 91.3 Å². The number of rotatable bonds is 2. The zero-order valence-electron chi connectivity index (χ0n) is 8.31. The third-order valence-electron chi connectivity index (χ3n) is 1.86. The normalized spacial score (nSPS) is 10.1. The van der Waals surface area contributed by atoms with E-state index in [-0.39, 0.29) is 17.6 Å². The van der Waals surface area contributed by atoms with E-state index in [0.29, 0.717) is 11.5 Å². The van der Waals surface area contributed by atoms with Crippen LogP contribution in [0.4, 0.5) is 27.7 Å². The van der Waals surface area contributed by atoms with Gasteiger partial charge in [0.2, 0.25) is 5.95 Å². The maximum absolute atomic E-state index is 12.9. The first-order chi connectivity index (χ1) is 7.63. The number of aromatic nitrogens is 2. The molecule has 6 heteroatoms. The SMILES string of the molecule is Nc1cc(Nc2cccc(F)c2)nc(N)n1. The van der Waals surface area contributed by atoms with Crippen LogP contribution in [0, 0.1) is 5.82 Å². The zero-order valence-corrected chi connectivity index (χ0v) is 8.31. The number of nitrogens with two attached hydrogens (primary N) is 2. The highest BCUT2D eigenvalue weighted by atomic mass is 19.1. The van der Waals surface area contributed by atoms with Crippen molar-refractivity contribution in [3.8, 4) is 0 Å². The molecular weight excluding hydrogens is 209 g/mol. The van der Waals surface area contributed by atoms with Crippen LogP contribution in [-0.4, -0.2) is 9.97 Å². The van der Waals surface area contributed by atoms with Crippen LogP contribution in [0.3, 0.4) is 0 Å². The largest absolute Gasteiger partial charge is 0.383 e.